The molecule has 0 rings (SSSR count). The number of hydrogen-bond donors (Lipinski definition) is 3. The van der Waals surface area contributed by atoms with E-state index in [-0.39, 0.29) is 12.3 Å². The molecule has 0 radical (unpaired) electrons. The molecule has 0 aromatic carbocycles. The molecule has 0 aliphatic carbocycles. The SMILES string of the molecule is CC[C@@H](O)C[C@@H](N)NC. The molecule has 0 aromatic heterocycles. The highest BCUT2D eigenvalue weighted by Crippen LogP contribution is 1.96. The zero-order valence-electron chi connectivity index (χ0n) is 6.09. The Morgan fingerprint density at radius 3 is 2.56 bits per heavy atom. The van der Waals surface area contributed by atoms with Crippen LogP contribution in [0.1, 0.15) is 19.8 Å². The van der Waals surface area contributed by atoms with E-state index in [4.69, 9.17) is 10.8 Å². The molecule has 0 saturated carbocycles. The molecule has 0 unspecified atom stereocenters. The van der Waals surface area contributed by atoms with Crippen LogP contribution in [0.5, 0.6) is 0 Å². The fraction of sp³-hybridized carbons (Fsp3) is 1.00. The maximum Gasteiger partial charge on any atom is 0.0568 e. The molecular weight excluding hydrogens is 116 g/mol. The molecule has 0 aromatic rings. The van der Waals surface area contributed by atoms with Gasteiger partial charge in [-0.3, -0.25) is 0 Å². The lowest BCUT2D eigenvalue weighted by Crippen LogP contribution is -2.37. The van der Waals surface area contributed by atoms with E-state index in [1.54, 1.807) is 7.05 Å². The van der Waals surface area contributed by atoms with Crippen LogP contribution in [0.3, 0.4) is 0 Å². The van der Waals surface area contributed by atoms with Crippen LogP contribution in [-0.4, -0.2) is 24.4 Å². The largest absolute Gasteiger partial charge is 0.393 e. The van der Waals surface area contributed by atoms with Crippen molar-refractivity contribution in [2.24, 2.45) is 5.73 Å². The molecule has 9 heavy (non-hydrogen) atoms. The van der Waals surface area contributed by atoms with Gasteiger partial charge in [-0.25, -0.2) is 0 Å². The molecule has 0 bridgehead atoms. The highest BCUT2D eigenvalue weighted by molar-refractivity contribution is 4.61. The van der Waals surface area contributed by atoms with Gasteiger partial charge in [0.2, 0.25) is 0 Å². The van der Waals surface area contributed by atoms with Crippen LogP contribution in [0.2, 0.25) is 0 Å². The fourth-order valence-corrected chi connectivity index (χ4v) is 0.578. The monoisotopic (exact) mass is 132 g/mol. The first kappa shape index (κ1) is 8.88. The fourth-order valence-electron chi connectivity index (χ4n) is 0.578. The van der Waals surface area contributed by atoms with Gasteiger partial charge in [0, 0.05) is 6.42 Å². The summed E-state index contributed by atoms with van der Waals surface area (Å²) < 4.78 is 0. The number of nitrogens with one attached hydrogen (secondary N) is 1. The summed E-state index contributed by atoms with van der Waals surface area (Å²) in [6.45, 7) is 1.94. The number of aliphatic hydroxyl groups excluding tert-OH is 1. The van der Waals surface area contributed by atoms with Gasteiger partial charge in [0.25, 0.3) is 0 Å². The number of hydrogen-bond acceptors (Lipinski definition) is 3. The van der Waals surface area contributed by atoms with E-state index in [1.165, 1.54) is 0 Å². The molecule has 2 atom stereocenters. The highest BCUT2D eigenvalue weighted by Gasteiger charge is 2.04. The Balaban J connectivity index is 3.22. The smallest absolute Gasteiger partial charge is 0.0568 e. The molecule has 0 fully saturated rings. The lowest BCUT2D eigenvalue weighted by Gasteiger charge is -2.13. The first-order chi connectivity index (χ1) is 4.20. The number of nitrogens with two attached hydrogens (primary N) is 1. The van der Waals surface area contributed by atoms with Crippen LogP contribution in [0.15, 0.2) is 0 Å². The third kappa shape index (κ3) is 4.39. The summed E-state index contributed by atoms with van der Waals surface area (Å²) in [6.07, 6.45) is 1.08. The second-order valence-electron chi connectivity index (χ2n) is 2.19. The zero-order valence-corrected chi connectivity index (χ0v) is 6.09. The maximum atomic E-state index is 9.04. The summed E-state index contributed by atoms with van der Waals surface area (Å²) in [5, 5.41) is 11.9. The van der Waals surface area contributed by atoms with Crippen LogP contribution in [0.25, 0.3) is 0 Å². The van der Waals surface area contributed by atoms with E-state index in [0.29, 0.717) is 6.42 Å². The predicted octanol–water partition coefficient (Wildman–Crippen LogP) is -0.348. The maximum absolute atomic E-state index is 9.04. The lowest BCUT2D eigenvalue weighted by molar-refractivity contribution is 0.147. The molecule has 4 N–H and O–H groups in total. The van der Waals surface area contributed by atoms with Crippen molar-refractivity contribution in [3.8, 4) is 0 Å². The summed E-state index contributed by atoms with van der Waals surface area (Å²) in [5.41, 5.74) is 5.48. The number of aliphatic hydroxyl groups is 1. The van der Waals surface area contributed by atoms with Crippen molar-refractivity contribution in [3.63, 3.8) is 0 Å². The van der Waals surface area contributed by atoms with E-state index in [1.807, 2.05) is 6.92 Å². The molecule has 56 valence electrons. The van der Waals surface area contributed by atoms with E-state index in [2.05, 4.69) is 5.32 Å². The van der Waals surface area contributed by atoms with E-state index in [9.17, 15) is 0 Å². The minimum Gasteiger partial charge on any atom is -0.393 e. The van der Waals surface area contributed by atoms with Crippen molar-refractivity contribution in [1.82, 2.24) is 5.32 Å². The third-order valence-electron chi connectivity index (χ3n) is 1.37. The van der Waals surface area contributed by atoms with E-state index in [0.717, 1.165) is 6.42 Å². The van der Waals surface area contributed by atoms with Crippen molar-refractivity contribution < 1.29 is 5.11 Å². The summed E-state index contributed by atoms with van der Waals surface area (Å²) in [5.74, 6) is 0. The average Bonchev–Trinajstić information content (AvgIpc) is 1.87. The normalized spacial score (nSPS) is 17.3. The van der Waals surface area contributed by atoms with Crippen molar-refractivity contribution in [2.45, 2.75) is 32.0 Å². The van der Waals surface area contributed by atoms with Crippen molar-refractivity contribution in [1.29, 1.82) is 0 Å². The van der Waals surface area contributed by atoms with Gasteiger partial charge in [-0.05, 0) is 13.5 Å². The summed E-state index contributed by atoms with van der Waals surface area (Å²) >= 11 is 0. The lowest BCUT2D eigenvalue weighted by atomic mass is 10.2. The van der Waals surface area contributed by atoms with Gasteiger partial charge in [0.05, 0.1) is 12.3 Å². The Hall–Kier alpha value is -0.120. The number of rotatable bonds is 4. The Kier molecular flexibility index (Phi) is 4.67. The van der Waals surface area contributed by atoms with Gasteiger partial charge in [0.15, 0.2) is 0 Å². The first-order valence-corrected chi connectivity index (χ1v) is 3.31. The van der Waals surface area contributed by atoms with E-state index >= 15 is 0 Å². The Bertz CT molecular complexity index is 60.1. The quantitative estimate of drug-likeness (QED) is 0.458. The van der Waals surface area contributed by atoms with Crippen molar-refractivity contribution in [3.05, 3.63) is 0 Å². The second kappa shape index (κ2) is 4.73. The standard InChI is InChI=1S/C6H16N2O/c1-3-5(9)4-6(7)8-2/h5-6,8-9H,3-4,7H2,1-2H3/t5-,6+/m1/s1. The average molecular weight is 132 g/mol. The molecule has 0 amide bonds. The van der Waals surface area contributed by atoms with Gasteiger partial charge >= 0.3 is 0 Å². The Morgan fingerprint density at radius 1 is 1.67 bits per heavy atom. The van der Waals surface area contributed by atoms with Crippen molar-refractivity contribution in [2.75, 3.05) is 7.05 Å². The van der Waals surface area contributed by atoms with Crippen molar-refractivity contribution >= 4 is 0 Å². The van der Waals surface area contributed by atoms with Crippen LogP contribution < -0.4 is 11.1 Å². The van der Waals surface area contributed by atoms with Crippen LogP contribution in [-0.2, 0) is 0 Å². The van der Waals surface area contributed by atoms with E-state index < -0.39 is 0 Å². The van der Waals surface area contributed by atoms with Gasteiger partial charge in [0.1, 0.15) is 0 Å². The topological polar surface area (TPSA) is 58.3 Å². The second-order valence-corrected chi connectivity index (χ2v) is 2.19. The molecule has 3 heteroatoms. The zero-order chi connectivity index (χ0) is 7.28. The Labute approximate surface area is 56.2 Å². The highest BCUT2D eigenvalue weighted by atomic mass is 16.3. The summed E-state index contributed by atoms with van der Waals surface area (Å²) in [6, 6.07) is 0. The summed E-state index contributed by atoms with van der Waals surface area (Å²) in [7, 11) is 1.78. The van der Waals surface area contributed by atoms with Gasteiger partial charge in [-0.1, -0.05) is 6.92 Å². The van der Waals surface area contributed by atoms with Crippen LogP contribution >= 0.6 is 0 Å². The molecule has 3 nitrogen and oxygen atoms in total. The minimum absolute atomic E-state index is 0.0695. The molecule has 0 aliphatic heterocycles. The van der Waals surface area contributed by atoms with Crippen LogP contribution in [0, 0.1) is 0 Å². The van der Waals surface area contributed by atoms with Gasteiger partial charge in [-0.2, -0.15) is 0 Å². The predicted molar refractivity (Wildman–Crippen MR) is 37.9 cm³/mol. The molecule has 0 saturated heterocycles. The third-order valence-corrected chi connectivity index (χ3v) is 1.37. The molecule has 0 heterocycles. The van der Waals surface area contributed by atoms with Gasteiger partial charge < -0.3 is 16.2 Å². The molecule has 0 aliphatic rings. The van der Waals surface area contributed by atoms with Gasteiger partial charge in [-0.15, -0.1) is 0 Å². The molecule has 0 spiro atoms. The van der Waals surface area contributed by atoms with Crippen LogP contribution in [0.4, 0.5) is 0 Å². The summed E-state index contributed by atoms with van der Waals surface area (Å²) in [4.78, 5) is 0. The Morgan fingerprint density at radius 2 is 2.22 bits per heavy atom. The molecular formula is C6H16N2O. The minimum atomic E-state index is -0.257. The first-order valence-electron chi connectivity index (χ1n) is 3.31.